The number of benzene rings is 2. The molecule has 2 nitrogen and oxygen atoms in total. The van der Waals surface area contributed by atoms with Crippen molar-refractivity contribution in [1.29, 1.82) is 0 Å². The molecular weight excluding hydrogens is 220 g/mol. The highest BCUT2D eigenvalue weighted by Crippen LogP contribution is 2.21. The van der Waals surface area contributed by atoms with E-state index in [4.69, 9.17) is 0 Å². The fraction of sp³-hybridized carbons (Fsp3) is 0.125. The number of nitrogens with one attached hydrogen (secondary N) is 2. The second-order valence-corrected chi connectivity index (χ2v) is 4.04. The van der Waals surface area contributed by atoms with Crippen LogP contribution >= 0.6 is 0 Å². The van der Waals surface area contributed by atoms with Crippen LogP contribution in [0.1, 0.15) is 5.56 Å². The van der Waals surface area contributed by atoms with Gasteiger partial charge in [0.2, 0.25) is 0 Å². The van der Waals surface area contributed by atoms with E-state index in [-0.39, 0.29) is 0 Å². The Labute approximate surface area is 108 Å². The van der Waals surface area contributed by atoms with Crippen LogP contribution in [0, 0.1) is 0 Å². The first-order chi connectivity index (χ1) is 8.90. The van der Waals surface area contributed by atoms with Crippen molar-refractivity contribution in [2.24, 2.45) is 0 Å². The van der Waals surface area contributed by atoms with Crippen LogP contribution in [-0.2, 0) is 0 Å². The predicted octanol–water partition coefficient (Wildman–Crippen LogP) is 3.66. The molecule has 0 aliphatic heterocycles. The molecule has 0 aliphatic carbocycles. The molecule has 2 aromatic rings. The van der Waals surface area contributed by atoms with Crippen molar-refractivity contribution in [1.82, 2.24) is 5.32 Å². The van der Waals surface area contributed by atoms with E-state index in [0.29, 0.717) is 0 Å². The van der Waals surface area contributed by atoms with Gasteiger partial charge in [-0.15, -0.1) is 0 Å². The van der Waals surface area contributed by atoms with Crippen LogP contribution in [0.4, 0.5) is 11.4 Å². The molecule has 0 aliphatic rings. The minimum Gasteiger partial charge on any atom is -0.355 e. The van der Waals surface area contributed by atoms with E-state index in [1.165, 1.54) is 5.56 Å². The smallest absolute Gasteiger partial charge is 0.0457 e. The summed E-state index contributed by atoms with van der Waals surface area (Å²) in [4.78, 5) is 0. The van der Waals surface area contributed by atoms with Crippen molar-refractivity contribution in [2.45, 2.75) is 0 Å². The zero-order valence-electron chi connectivity index (χ0n) is 10.6. The van der Waals surface area contributed by atoms with Gasteiger partial charge in [-0.05, 0) is 30.8 Å². The van der Waals surface area contributed by atoms with E-state index in [1.54, 1.807) is 0 Å². The molecule has 2 aromatic carbocycles. The first-order valence-electron chi connectivity index (χ1n) is 6.12. The Morgan fingerprint density at radius 3 is 2.44 bits per heavy atom. The fourth-order valence-corrected chi connectivity index (χ4v) is 1.74. The molecule has 0 bridgehead atoms. The fourth-order valence-electron chi connectivity index (χ4n) is 1.74. The third-order valence-electron chi connectivity index (χ3n) is 2.63. The molecule has 18 heavy (non-hydrogen) atoms. The minimum absolute atomic E-state index is 0.875. The lowest BCUT2D eigenvalue weighted by atomic mass is 10.1. The number of likely N-dealkylation sites (N-methyl/N-ethyl adjacent to an activating group) is 1. The van der Waals surface area contributed by atoms with E-state index in [1.807, 2.05) is 31.3 Å². The van der Waals surface area contributed by atoms with Gasteiger partial charge in [0.25, 0.3) is 0 Å². The average Bonchev–Trinajstić information content (AvgIpc) is 2.42. The molecule has 2 N–H and O–H groups in total. The number of hydrogen-bond acceptors (Lipinski definition) is 2. The molecule has 0 heterocycles. The molecule has 0 radical (unpaired) electrons. The summed E-state index contributed by atoms with van der Waals surface area (Å²) in [5.74, 6) is 0. The molecule has 0 saturated carbocycles. The van der Waals surface area contributed by atoms with Gasteiger partial charge in [-0.25, -0.2) is 0 Å². The second-order valence-electron chi connectivity index (χ2n) is 4.04. The maximum atomic E-state index is 3.43. The van der Waals surface area contributed by atoms with Crippen molar-refractivity contribution in [2.75, 3.05) is 18.9 Å². The van der Waals surface area contributed by atoms with Gasteiger partial charge in [0.05, 0.1) is 0 Å². The zero-order valence-corrected chi connectivity index (χ0v) is 10.6. The van der Waals surface area contributed by atoms with Gasteiger partial charge in [-0.1, -0.05) is 48.6 Å². The normalized spacial score (nSPS) is 10.7. The minimum atomic E-state index is 0.875. The van der Waals surface area contributed by atoms with Crippen LogP contribution in [0.15, 0.2) is 60.7 Å². The molecule has 0 aromatic heterocycles. The lowest BCUT2D eigenvalue weighted by molar-refractivity contribution is 0.922. The van der Waals surface area contributed by atoms with E-state index in [2.05, 4.69) is 53.1 Å². The predicted molar refractivity (Wildman–Crippen MR) is 79.1 cm³/mol. The van der Waals surface area contributed by atoms with E-state index in [9.17, 15) is 0 Å². The Balaban J connectivity index is 2.17. The van der Waals surface area contributed by atoms with Crippen molar-refractivity contribution in [3.63, 3.8) is 0 Å². The summed E-state index contributed by atoms with van der Waals surface area (Å²) in [5, 5.41) is 6.53. The van der Waals surface area contributed by atoms with Crippen molar-refractivity contribution < 1.29 is 0 Å². The Kier molecular flexibility index (Phi) is 4.56. The van der Waals surface area contributed by atoms with Crippen molar-refractivity contribution in [3.8, 4) is 0 Å². The second kappa shape index (κ2) is 6.62. The quantitative estimate of drug-likeness (QED) is 0.830. The molecule has 0 atom stereocenters. The summed E-state index contributed by atoms with van der Waals surface area (Å²) in [6.45, 7) is 0.875. The zero-order chi connectivity index (χ0) is 12.6. The van der Waals surface area contributed by atoms with Crippen LogP contribution in [-0.4, -0.2) is 13.6 Å². The van der Waals surface area contributed by atoms with Crippen LogP contribution in [0.2, 0.25) is 0 Å². The SMILES string of the molecule is CNCC=Cc1ccccc1Nc1ccccc1. The van der Waals surface area contributed by atoms with Crippen molar-refractivity contribution in [3.05, 3.63) is 66.2 Å². The van der Waals surface area contributed by atoms with Crippen LogP contribution in [0.5, 0.6) is 0 Å². The summed E-state index contributed by atoms with van der Waals surface area (Å²) in [7, 11) is 1.94. The first kappa shape index (κ1) is 12.4. The molecule has 0 fully saturated rings. The number of para-hydroxylation sites is 2. The molecule has 0 amide bonds. The lowest BCUT2D eigenvalue weighted by Crippen LogP contribution is -2.03. The highest BCUT2D eigenvalue weighted by Gasteiger charge is 1.98. The largest absolute Gasteiger partial charge is 0.355 e. The number of hydrogen-bond donors (Lipinski definition) is 2. The van der Waals surface area contributed by atoms with Gasteiger partial charge in [0.15, 0.2) is 0 Å². The van der Waals surface area contributed by atoms with Gasteiger partial charge in [-0.2, -0.15) is 0 Å². The Hall–Kier alpha value is -2.06. The van der Waals surface area contributed by atoms with Crippen LogP contribution < -0.4 is 10.6 Å². The van der Waals surface area contributed by atoms with Gasteiger partial charge in [0.1, 0.15) is 0 Å². The summed E-state index contributed by atoms with van der Waals surface area (Å²) >= 11 is 0. The van der Waals surface area contributed by atoms with Gasteiger partial charge < -0.3 is 10.6 Å². The summed E-state index contributed by atoms with van der Waals surface area (Å²) < 4.78 is 0. The third kappa shape index (κ3) is 3.47. The average molecular weight is 238 g/mol. The molecular formula is C16H18N2. The summed E-state index contributed by atoms with van der Waals surface area (Å²) in [5.41, 5.74) is 3.42. The molecule has 2 rings (SSSR count). The first-order valence-corrected chi connectivity index (χ1v) is 6.12. The Morgan fingerprint density at radius 2 is 1.67 bits per heavy atom. The van der Waals surface area contributed by atoms with Crippen LogP contribution in [0.25, 0.3) is 6.08 Å². The maximum absolute atomic E-state index is 3.43. The molecule has 2 heteroatoms. The van der Waals surface area contributed by atoms with Crippen molar-refractivity contribution >= 4 is 17.5 Å². The summed E-state index contributed by atoms with van der Waals surface area (Å²) in [6.07, 6.45) is 4.24. The third-order valence-corrected chi connectivity index (χ3v) is 2.63. The van der Waals surface area contributed by atoms with E-state index >= 15 is 0 Å². The molecule has 0 saturated heterocycles. The maximum Gasteiger partial charge on any atom is 0.0457 e. The van der Waals surface area contributed by atoms with E-state index in [0.717, 1.165) is 17.9 Å². The number of rotatable bonds is 5. The lowest BCUT2D eigenvalue weighted by Gasteiger charge is -2.09. The van der Waals surface area contributed by atoms with Gasteiger partial charge in [-0.3, -0.25) is 0 Å². The molecule has 0 unspecified atom stereocenters. The van der Waals surface area contributed by atoms with Crippen LogP contribution in [0.3, 0.4) is 0 Å². The van der Waals surface area contributed by atoms with E-state index < -0.39 is 0 Å². The highest BCUT2D eigenvalue weighted by molar-refractivity contribution is 5.71. The Morgan fingerprint density at radius 1 is 0.944 bits per heavy atom. The number of anilines is 2. The highest BCUT2D eigenvalue weighted by atomic mass is 14.9. The molecule has 0 spiro atoms. The van der Waals surface area contributed by atoms with Gasteiger partial charge >= 0.3 is 0 Å². The van der Waals surface area contributed by atoms with Gasteiger partial charge in [0, 0.05) is 17.9 Å². The molecule has 92 valence electrons. The Bertz CT molecular complexity index is 504. The standard InChI is InChI=1S/C16H18N2/c1-17-13-7-9-14-8-5-6-12-16(14)18-15-10-3-2-4-11-15/h2-12,17-18H,13H2,1H3. The summed E-state index contributed by atoms with van der Waals surface area (Å²) in [6, 6.07) is 18.5. The topological polar surface area (TPSA) is 24.1 Å². The monoisotopic (exact) mass is 238 g/mol.